The topological polar surface area (TPSA) is 35.5 Å². The maximum Gasteiger partial charge on any atom is 0.508 e. The van der Waals surface area contributed by atoms with Crippen LogP contribution in [0.1, 0.15) is 102 Å². The minimum Gasteiger partial charge on any atom is -0.431 e. The minimum atomic E-state index is -0.511. The van der Waals surface area contributed by atoms with Gasteiger partial charge in [0.05, 0.1) is 0 Å². The third-order valence-electron chi connectivity index (χ3n) is 6.49. The first-order valence-electron chi connectivity index (χ1n) is 13.9. The summed E-state index contributed by atoms with van der Waals surface area (Å²) < 4.78 is 14.4. The zero-order valence-electron chi connectivity index (χ0n) is 22.2. The van der Waals surface area contributed by atoms with E-state index in [-0.39, 0.29) is 12.2 Å². The Bertz CT molecular complexity index is 801. The van der Waals surface area contributed by atoms with Gasteiger partial charge in [-0.25, -0.2) is 4.79 Å². The van der Waals surface area contributed by atoms with Crippen LogP contribution in [0, 0.1) is 7.14 Å². The van der Waals surface area contributed by atoms with Crippen LogP contribution in [0.25, 0.3) is 0 Å². The molecule has 0 aliphatic rings. The summed E-state index contributed by atoms with van der Waals surface area (Å²) in [5.74, 6) is 0. The van der Waals surface area contributed by atoms with E-state index in [1.807, 2.05) is 0 Å². The lowest BCUT2D eigenvalue weighted by Crippen LogP contribution is -2.26. The maximum atomic E-state index is 13.0. The summed E-state index contributed by atoms with van der Waals surface area (Å²) in [6.07, 6.45) is 14.4. The Morgan fingerprint density at radius 1 is 0.667 bits per heavy atom. The monoisotopic (exact) mass is 718 g/mol. The molecule has 3 nitrogen and oxygen atoms in total. The van der Waals surface area contributed by atoms with Crippen LogP contribution in [-0.4, -0.2) is 18.4 Å². The van der Waals surface area contributed by atoms with E-state index in [4.69, 9.17) is 9.47 Å². The second kappa shape index (κ2) is 19.3. The largest absolute Gasteiger partial charge is 0.508 e. The van der Waals surface area contributed by atoms with E-state index in [0.29, 0.717) is 0 Å². The van der Waals surface area contributed by atoms with Gasteiger partial charge in [0.2, 0.25) is 0 Å². The van der Waals surface area contributed by atoms with E-state index in [0.717, 1.165) is 38.5 Å². The van der Waals surface area contributed by atoms with Gasteiger partial charge in [-0.15, -0.1) is 0 Å². The summed E-state index contributed by atoms with van der Waals surface area (Å²) in [5, 5.41) is 0. The van der Waals surface area contributed by atoms with Crippen molar-refractivity contribution in [2.45, 2.75) is 116 Å². The second-order valence-corrected chi connectivity index (χ2v) is 12.3. The standard InChI is InChI=1S/C31H44I2O3/c1-3-5-7-9-11-19-29(23-25-15-13-17-27(32)21-25)35-31(34)36-30(20-12-10-8-6-4-2)24-26-16-14-18-28(33)22-26/h13-18,21-22,29-30H,3-12,19-20,23-24H2,1-2H3. The Morgan fingerprint density at radius 3 is 1.47 bits per heavy atom. The summed E-state index contributed by atoms with van der Waals surface area (Å²) in [6.45, 7) is 4.46. The molecule has 2 aromatic rings. The first kappa shape index (κ1) is 31.4. The molecular formula is C31H44I2O3. The zero-order chi connectivity index (χ0) is 26.0. The SMILES string of the molecule is CCCCCCCC(Cc1cccc(I)c1)OC(=O)OC(CCCCCCC)Cc1cccc(I)c1. The molecule has 0 amide bonds. The molecule has 5 heteroatoms. The molecule has 0 spiro atoms. The highest BCUT2D eigenvalue weighted by Gasteiger charge is 2.21. The van der Waals surface area contributed by atoms with E-state index < -0.39 is 6.16 Å². The molecule has 0 bridgehead atoms. The van der Waals surface area contributed by atoms with Gasteiger partial charge in [-0.1, -0.05) is 89.5 Å². The number of hydrogen-bond donors (Lipinski definition) is 0. The van der Waals surface area contributed by atoms with Gasteiger partial charge in [0, 0.05) is 20.0 Å². The van der Waals surface area contributed by atoms with Gasteiger partial charge in [-0.05, 0) is 106 Å². The molecule has 0 aliphatic carbocycles. The fraction of sp³-hybridized carbons (Fsp3) is 0.581. The Labute approximate surface area is 246 Å². The predicted octanol–water partition coefficient (Wildman–Crippen LogP) is 10.3. The number of ether oxygens (including phenoxy) is 2. The van der Waals surface area contributed by atoms with Gasteiger partial charge in [0.25, 0.3) is 0 Å². The van der Waals surface area contributed by atoms with E-state index in [9.17, 15) is 4.79 Å². The van der Waals surface area contributed by atoms with Crippen molar-refractivity contribution in [3.8, 4) is 0 Å². The average Bonchev–Trinajstić information content (AvgIpc) is 2.83. The normalized spacial score (nSPS) is 12.8. The molecule has 0 saturated carbocycles. The number of unbranched alkanes of at least 4 members (excludes halogenated alkanes) is 8. The van der Waals surface area contributed by atoms with Crippen LogP contribution in [0.5, 0.6) is 0 Å². The fourth-order valence-electron chi connectivity index (χ4n) is 4.51. The van der Waals surface area contributed by atoms with Crippen molar-refractivity contribution in [1.29, 1.82) is 0 Å². The van der Waals surface area contributed by atoms with Gasteiger partial charge in [-0.3, -0.25) is 0 Å². The van der Waals surface area contributed by atoms with Crippen molar-refractivity contribution in [3.63, 3.8) is 0 Å². The van der Waals surface area contributed by atoms with E-state index in [2.05, 4.69) is 108 Å². The lowest BCUT2D eigenvalue weighted by molar-refractivity contribution is -0.00660. The van der Waals surface area contributed by atoms with Crippen LogP contribution in [0.2, 0.25) is 0 Å². The smallest absolute Gasteiger partial charge is 0.431 e. The molecule has 2 unspecified atom stereocenters. The van der Waals surface area contributed by atoms with Gasteiger partial charge >= 0.3 is 6.16 Å². The highest BCUT2D eigenvalue weighted by Crippen LogP contribution is 2.20. The molecule has 0 heterocycles. The lowest BCUT2D eigenvalue weighted by Gasteiger charge is -2.22. The number of rotatable bonds is 18. The Kier molecular flexibility index (Phi) is 16.8. The first-order valence-corrected chi connectivity index (χ1v) is 16.0. The third kappa shape index (κ3) is 14.2. The van der Waals surface area contributed by atoms with Crippen LogP contribution in [0.3, 0.4) is 0 Å². The maximum absolute atomic E-state index is 13.0. The summed E-state index contributed by atoms with van der Waals surface area (Å²) in [6, 6.07) is 16.9. The molecule has 0 N–H and O–H groups in total. The van der Waals surface area contributed by atoms with Crippen molar-refractivity contribution in [3.05, 3.63) is 66.8 Å². The molecule has 200 valence electrons. The zero-order valence-corrected chi connectivity index (χ0v) is 26.5. The van der Waals surface area contributed by atoms with E-state index in [1.54, 1.807) is 0 Å². The van der Waals surface area contributed by atoms with Crippen LogP contribution < -0.4 is 0 Å². The minimum absolute atomic E-state index is 0.153. The molecule has 2 atom stereocenters. The molecule has 0 fully saturated rings. The summed E-state index contributed by atoms with van der Waals surface area (Å²) in [7, 11) is 0. The highest BCUT2D eigenvalue weighted by molar-refractivity contribution is 14.1. The van der Waals surface area contributed by atoms with Gasteiger partial charge in [-0.2, -0.15) is 0 Å². The van der Waals surface area contributed by atoms with Gasteiger partial charge in [0.1, 0.15) is 12.2 Å². The average molecular weight is 718 g/mol. The Morgan fingerprint density at radius 2 is 1.08 bits per heavy atom. The Hall–Kier alpha value is -0.830. The molecule has 2 rings (SSSR count). The van der Waals surface area contributed by atoms with Crippen molar-refractivity contribution >= 4 is 51.3 Å². The number of halogens is 2. The van der Waals surface area contributed by atoms with Crippen LogP contribution in [-0.2, 0) is 22.3 Å². The summed E-state index contributed by atoms with van der Waals surface area (Å²) >= 11 is 4.68. The summed E-state index contributed by atoms with van der Waals surface area (Å²) in [4.78, 5) is 13.0. The predicted molar refractivity (Wildman–Crippen MR) is 168 cm³/mol. The van der Waals surface area contributed by atoms with E-state index in [1.165, 1.54) is 69.6 Å². The lowest BCUT2D eigenvalue weighted by atomic mass is 10.0. The summed E-state index contributed by atoms with van der Waals surface area (Å²) in [5.41, 5.74) is 2.42. The number of carbonyl (C=O) groups excluding carboxylic acids is 1. The third-order valence-corrected chi connectivity index (χ3v) is 7.83. The molecule has 2 aromatic carbocycles. The number of carbonyl (C=O) groups is 1. The van der Waals surface area contributed by atoms with Crippen molar-refractivity contribution in [1.82, 2.24) is 0 Å². The quantitative estimate of drug-likeness (QED) is 0.0875. The molecule has 0 radical (unpaired) electrons. The highest BCUT2D eigenvalue weighted by atomic mass is 127. The van der Waals surface area contributed by atoms with Crippen LogP contribution in [0.15, 0.2) is 48.5 Å². The van der Waals surface area contributed by atoms with E-state index >= 15 is 0 Å². The Balaban J connectivity index is 1.99. The molecule has 0 saturated heterocycles. The van der Waals surface area contributed by atoms with Crippen LogP contribution >= 0.6 is 45.2 Å². The van der Waals surface area contributed by atoms with Crippen LogP contribution in [0.4, 0.5) is 4.79 Å². The second-order valence-electron chi connectivity index (χ2n) is 9.80. The van der Waals surface area contributed by atoms with Crippen molar-refractivity contribution in [2.75, 3.05) is 0 Å². The van der Waals surface area contributed by atoms with Gasteiger partial charge in [0.15, 0.2) is 0 Å². The molecule has 0 aliphatic heterocycles. The number of hydrogen-bond acceptors (Lipinski definition) is 3. The number of benzene rings is 2. The fourth-order valence-corrected chi connectivity index (χ4v) is 5.73. The van der Waals surface area contributed by atoms with Crippen molar-refractivity contribution < 1.29 is 14.3 Å². The first-order chi connectivity index (χ1) is 17.5. The molecule has 36 heavy (non-hydrogen) atoms. The molecule has 0 aromatic heterocycles. The molecular weight excluding hydrogens is 674 g/mol. The van der Waals surface area contributed by atoms with Crippen molar-refractivity contribution in [2.24, 2.45) is 0 Å². The van der Waals surface area contributed by atoms with Gasteiger partial charge < -0.3 is 9.47 Å².